The SMILES string of the molecule is N#Cc1ccc(NS(=O)(=O)c2c[nH]c(-c3ccoc3)c2)c(F)c1. The summed E-state index contributed by atoms with van der Waals surface area (Å²) in [5.74, 6) is -0.821. The molecule has 0 aliphatic heterocycles. The molecule has 2 heterocycles. The van der Waals surface area contributed by atoms with Gasteiger partial charge >= 0.3 is 0 Å². The van der Waals surface area contributed by atoms with Gasteiger partial charge in [0.15, 0.2) is 0 Å². The van der Waals surface area contributed by atoms with Gasteiger partial charge in [-0.3, -0.25) is 4.72 Å². The molecule has 3 aromatic rings. The van der Waals surface area contributed by atoms with Crippen LogP contribution in [0.4, 0.5) is 10.1 Å². The zero-order chi connectivity index (χ0) is 16.4. The van der Waals surface area contributed by atoms with Crippen molar-refractivity contribution in [1.82, 2.24) is 4.98 Å². The van der Waals surface area contributed by atoms with Gasteiger partial charge in [-0.15, -0.1) is 0 Å². The Balaban J connectivity index is 1.89. The van der Waals surface area contributed by atoms with Gasteiger partial charge < -0.3 is 9.40 Å². The molecule has 0 saturated heterocycles. The molecule has 1 aromatic carbocycles. The number of nitrogens with one attached hydrogen (secondary N) is 2. The third-order valence-electron chi connectivity index (χ3n) is 3.14. The molecular formula is C15H10FN3O3S. The fourth-order valence-corrected chi connectivity index (χ4v) is 3.05. The van der Waals surface area contributed by atoms with Crippen molar-refractivity contribution >= 4 is 15.7 Å². The number of anilines is 1. The summed E-state index contributed by atoms with van der Waals surface area (Å²) in [6.45, 7) is 0. The predicted octanol–water partition coefficient (Wildman–Crippen LogP) is 3.09. The highest BCUT2D eigenvalue weighted by Gasteiger charge is 2.19. The number of rotatable bonds is 4. The number of halogens is 1. The number of furan rings is 1. The lowest BCUT2D eigenvalue weighted by Crippen LogP contribution is -2.13. The molecule has 0 bridgehead atoms. The molecule has 0 unspecified atom stereocenters. The van der Waals surface area contributed by atoms with Gasteiger partial charge in [0.25, 0.3) is 10.0 Å². The smallest absolute Gasteiger partial charge is 0.263 e. The van der Waals surface area contributed by atoms with E-state index < -0.39 is 15.8 Å². The number of nitriles is 1. The maximum atomic E-state index is 13.8. The van der Waals surface area contributed by atoms with E-state index in [4.69, 9.17) is 9.68 Å². The Morgan fingerprint density at radius 2 is 2.09 bits per heavy atom. The topological polar surface area (TPSA) is 98.9 Å². The van der Waals surface area contributed by atoms with Gasteiger partial charge in [0, 0.05) is 11.8 Å². The Labute approximate surface area is 131 Å². The number of nitrogens with zero attached hydrogens (tertiary/aromatic N) is 1. The molecule has 6 nitrogen and oxygen atoms in total. The molecule has 2 aromatic heterocycles. The fraction of sp³-hybridized carbons (Fsp3) is 0. The van der Waals surface area contributed by atoms with E-state index in [0.717, 1.165) is 6.07 Å². The molecule has 8 heteroatoms. The van der Waals surface area contributed by atoms with Crippen LogP contribution < -0.4 is 4.72 Å². The van der Waals surface area contributed by atoms with Crippen LogP contribution in [0, 0.1) is 17.1 Å². The molecule has 0 spiro atoms. The minimum Gasteiger partial charge on any atom is -0.472 e. The Morgan fingerprint density at radius 3 is 2.74 bits per heavy atom. The van der Waals surface area contributed by atoms with Crippen molar-refractivity contribution in [3.63, 3.8) is 0 Å². The van der Waals surface area contributed by atoms with Crippen molar-refractivity contribution < 1.29 is 17.2 Å². The van der Waals surface area contributed by atoms with Crippen LogP contribution in [0.2, 0.25) is 0 Å². The second-order valence-electron chi connectivity index (χ2n) is 4.67. The Bertz CT molecular complexity index is 985. The van der Waals surface area contributed by atoms with Crippen LogP contribution in [-0.4, -0.2) is 13.4 Å². The quantitative estimate of drug-likeness (QED) is 0.767. The van der Waals surface area contributed by atoms with Gasteiger partial charge in [0.2, 0.25) is 0 Å². The van der Waals surface area contributed by atoms with Crippen molar-refractivity contribution in [2.75, 3.05) is 4.72 Å². The number of aromatic amines is 1. The summed E-state index contributed by atoms with van der Waals surface area (Å²) in [6.07, 6.45) is 4.23. The summed E-state index contributed by atoms with van der Waals surface area (Å²) in [6, 6.07) is 8.36. The number of aromatic nitrogens is 1. The molecule has 0 saturated carbocycles. The van der Waals surface area contributed by atoms with E-state index >= 15 is 0 Å². The summed E-state index contributed by atoms with van der Waals surface area (Å²) in [5, 5.41) is 8.69. The molecule has 3 rings (SSSR count). The third kappa shape index (κ3) is 2.95. The normalized spacial score (nSPS) is 11.1. The van der Waals surface area contributed by atoms with Crippen molar-refractivity contribution in [3.05, 3.63) is 60.4 Å². The summed E-state index contributed by atoms with van der Waals surface area (Å²) >= 11 is 0. The van der Waals surface area contributed by atoms with Crippen LogP contribution in [0.25, 0.3) is 11.3 Å². The molecule has 23 heavy (non-hydrogen) atoms. The minimum absolute atomic E-state index is 0.0440. The standard InChI is InChI=1S/C15H10FN3O3S/c16-13-5-10(7-17)1-2-14(13)19-23(20,21)12-6-15(18-8-12)11-3-4-22-9-11/h1-6,8-9,18-19H. The molecule has 0 atom stereocenters. The summed E-state index contributed by atoms with van der Waals surface area (Å²) < 4.78 is 45.5. The number of sulfonamides is 1. The molecule has 116 valence electrons. The van der Waals surface area contributed by atoms with Gasteiger partial charge in [0.05, 0.1) is 35.5 Å². The van der Waals surface area contributed by atoms with E-state index in [0.29, 0.717) is 11.3 Å². The van der Waals surface area contributed by atoms with E-state index in [2.05, 4.69) is 9.71 Å². The molecular weight excluding hydrogens is 321 g/mol. The first-order valence-electron chi connectivity index (χ1n) is 6.43. The zero-order valence-electron chi connectivity index (χ0n) is 11.6. The maximum Gasteiger partial charge on any atom is 0.263 e. The van der Waals surface area contributed by atoms with Gasteiger partial charge in [-0.1, -0.05) is 0 Å². The van der Waals surface area contributed by atoms with Gasteiger partial charge in [0.1, 0.15) is 10.7 Å². The number of hydrogen-bond donors (Lipinski definition) is 2. The first-order valence-corrected chi connectivity index (χ1v) is 7.91. The molecule has 0 fully saturated rings. The largest absolute Gasteiger partial charge is 0.472 e. The second kappa shape index (κ2) is 5.62. The van der Waals surface area contributed by atoms with E-state index in [1.807, 2.05) is 0 Å². The van der Waals surface area contributed by atoms with Gasteiger partial charge in [-0.2, -0.15) is 5.26 Å². The predicted molar refractivity (Wildman–Crippen MR) is 80.4 cm³/mol. The maximum absolute atomic E-state index is 13.8. The van der Waals surface area contributed by atoms with E-state index in [1.165, 1.54) is 36.9 Å². The Morgan fingerprint density at radius 1 is 1.26 bits per heavy atom. The first-order chi connectivity index (χ1) is 11.0. The van der Waals surface area contributed by atoms with Gasteiger partial charge in [-0.05, 0) is 30.3 Å². The lowest BCUT2D eigenvalue weighted by atomic mass is 10.2. The number of hydrogen-bond acceptors (Lipinski definition) is 4. The van der Waals surface area contributed by atoms with Crippen LogP contribution in [0.1, 0.15) is 5.56 Å². The Hall–Kier alpha value is -3.05. The first kappa shape index (κ1) is 14.9. The van der Waals surface area contributed by atoms with Crippen LogP contribution >= 0.6 is 0 Å². The average Bonchev–Trinajstić information content (AvgIpc) is 3.20. The average molecular weight is 331 g/mol. The van der Waals surface area contributed by atoms with Crippen LogP contribution in [-0.2, 0) is 10.0 Å². The summed E-state index contributed by atoms with van der Waals surface area (Å²) in [7, 11) is -3.96. The summed E-state index contributed by atoms with van der Waals surface area (Å²) in [5.41, 5.74) is 1.12. The Kier molecular flexibility index (Phi) is 3.64. The molecule has 0 aliphatic rings. The molecule has 0 amide bonds. The number of benzene rings is 1. The molecule has 2 N–H and O–H groups in total. The highest BCUT2D eigenvalue weighted by Crippen LogP contribution is 2.24. The van der Waals surface area contributed by atoms with Crippen LogP contribution in [0.5, 0.6) is 0 Å². The summed E-state index contributed by atoms with van der Waals surface area (Å²) in [4.78, 5) is 2.77. The second-order valence-corrected chi connectivity index (χ2v) is 6.36. The lowest BCUT2D eigenvalue weighted by Gasteiger charge is -2.07. The third-order valence-corrected chi connectivity index (χ3v) is 4.49. The van der Waals surface area contributed by atoms with Crippen molar-refractivity contribution in [2.45, 2.75) is 4.90 Å². The minimum atomic E-state index is -3.96. The fourth-order valence-electron chi connectivity index (χ4n) is 1.99. The molecule has 0 aliphatic carbocycles. The number of H-pyrrole nitrogens is 1. The highest BCUT2D eigenvalue weighted by molar-refractivity contribution is 7.92. The highest BCUT2D eigenvalue weighted by atomic mass is 32.2. The van der Waals surface area contributed by atoms with Gasteiger partial charge in [-0.25, -0.2) is 12.8 Å². The van der Waals surface area contributed by atoms with Crippen molar-refractivity contribution in [3.8, 4) is 17.3 Å². The zero-order valence-corrected chi connectivity index (χ0v) is 12.4. The van der Waals surface area contributed by atoms with E-state index in [9.17, 15) is 12.8 Å². The molecule has 0 radical (unpaired) electrons. The lowest BCUT2D eigenvalue weighted by molar-refractivity contribution is 0.568. The van der Waals surface area contributed by atoms with Crippen molar-refractivity contribution in [1.29, 1.82) is 5.26 Å². The monoisotopic (exact) mass is 331 g/mol. The van der Waals surface area contributed by atoms with Crippen LogP contribution in [0.3, 0.4) is 0 Å². The van der Waals surface area contributed by atoms with Crippen LogP contribution in [0.15, 0.2) is 58.4 Å². The van der Waals surface area contributed by atoms with E-state index in [-0.39, 0.29) is 16.1 Å². The van der Waals surface area contributed by atoms with Crippen molar-refractivity contribution in [2.24, 2.45) is 0 Å². The van der Waals surface area contributed by atoms with E-state index in [1.54, 1.807) is 12.1 Å².